The van der Waals surface area contributed by atoms with Crippen molar-refractivity contribution in [1.82, 2.24) is 4.90 Å². The van der Waals surface area contributed by atoms with Gasteiger partial charge in [0.2, 0.25) is 5.91 Å². The van der Waals surface area contributed by atoms with Crippen molar-refractivity contribution in [1.29, 1.82) is 0 Å². The molecule has 1 aromatic carbocycles. The zero-order valence-electron chi connectivity index (χ0n) is 15.5. The van der Waals surface area contributed by atoms with Crippen LogP contribution >= 0.6 is 0 Å². The first-order valence-electron chi connectivity index (χ1n) is 9.48. The molecule has 0 spiro atoms. The lowest BCUT2D eigenvalue weighted by Gasteiger charge is -2.37. The lowest BCUT2D eigenvalue weighted by atomic mass is 9.99. The van der Waals surface area contributed by atoms with Crippen LogP contribution in [0.2, 0.25) is 0 Å². The van der Waals surface area contributed by atoms with Crippen LogP contribution in [0.3, 0.4) is 0 Å². The standard InChI is InChI=1S/C21H31NO2/c1-14(2)16-5-7-17(8-6-16)19-13-20(19)21(23)22(15(3)4)18-9-11-24-12-10-18/h5-8,14-15,18-20H,9-13H2,1-4H3/t19-,20+/m0/s1. The molecule has 0 unspecified atom stereocenters. The number of hydrogen-bond acceptors (Lipinski definition) is 2. The first-order valence-corrected chi connectivity index (χ1v) is 9.48. The van der Waals surface area contributed by atoms with Gasteiger partial charge in [-0.15, -0.1) is 0 Å². The highest BCUT2D eigenvalue weighted by molar-refractivity contribution is 5.83. The number of carbonyl (C=O) groups excluding carboxylic acids is 1. The van der Waals surface area contributed by atoms with E-state index in [0.717, 1.165) is 32.5 Å². The summed E-state index contributed by atoms with van der Waals surface area (Å²) < 4.78 is 5.47. The zero-order valence-corrected chi connectivity index (χ0v) is 15.5. The van der Waals surface area contributed by atoms with E-state index in [1.165, 1.54) is 11.1 Å². The topological polar surface area (TPSA) is 29.5 Å². The van der Waals surface area contributed by atoms with Gasteiger partial charge in [0.1, 0.15) is 0 Å². The van der Waals surface area contributed by atoms with Gasteiger partial charge in [-0.05, 0) is 56.1 Å². The average molecular weight is 329 g/mol. The summed E-state index contributed by atoms with van der Waals surface area (Å²) in [7, 11) is 0. The zero-order chi connectivity index (χ0) is 17.3. The molecule has 1 saturated heterocycles. The molecule has 1 heterocycles. The van der Waals surface area contributed by atoms with Crippen molar-refractivity contribution in [3.05, 3.63) is 35.4 Å². The van der Waals surface area contributed by atoms with E-state index < -0.39 is 0 Å². The van der Waals surface area contributed by atoms with Crippen LogP contribution in [0, 0.1) is 5.92 Å². The van der Waals surface area contributed by atoms with Crippen LogP contribution in [0.15, 0.2) is 24.3 Å². The Morgan fingerprint density at radius 2 is 1.71 bits per heavy atom. The second-order valence-electron chi connectivity index (χ2n) is 7.95. The molecule has 1 aliphatic carbocycles. The molecule has 1 amide bonds. The number of ether oxygens (including phenoxy) is 1. The van der Waals surface area contributed by atoms with Crippen LogP contribution in [-0.2, 0) is 9.53 Å². The van der Waals surface area contributed by atoms with Gasteiger partial charge < -0.3 is 9.64 Å². The minimum atomic E-state index is 0.181. The Balaban J connectivity index is 1.66. The third kappa shape index (κ3) is 3.66. The first-order chi connectivity index (χ1) is 11.5. The van der Waals surface area contributed by atoms with Crippen LogP contribution in [0.5, 0.6) is 0 Å². The van der Waals surface area contributed by atoms with E-state index in [2.05, 4.69) is 56.9 Å². The predicted molar refractivity (Wildman–Crippen MR) is 97.2 cm³/mol. The first kappa shape index (κ1) is 17.5. The molecule has 1 aliphatic heterocycles. The Bertz CT molecular complexity index is 558. The van der Waals surface area contributed by atoms with Crippen molar-refractivity contribution in [2.24, 2.45) is 5.92 Å². The van der Waals surface area contributed by atoms with Gasteiger partial charge in [0.15, 0.2) is 0 Å². The van der Waals surface area contributed by atoms with Crippen molar-refractivity contribution in [2.45, 2.75) is 70.9 Å². The Morgan fingerprint density at radius 3 is 2.25 bits per heavy atom. The maximum atomic E-state index is 13.1. The maximum absolute atomic E-state index is 13.1. The van der Waals surface area contributed by atoms with Crippen LogP contribution in [-0.4, -0.2) is 36.1 Å². The minimum Gasteiger partial charge on any atom is -0.381 e. The molecular weight excluding hydrogens is 298 g/mol. The molecule has 0 N–H and O–H groups in total. The summed E-state index contributed by atoms with van der Waals surface area (Å²) in [6.07, 6.45) is 2.96. The monoisotopic (exact) mass is 329 g/mol. The normalized spacial score (nSPS) is 24.4. The molecule has 24 heavy (non-hydrogen) atoms. The summed E-state index contributed by atoms with van der Waals surface area (Å²) in [5.41, 5.74) is 2.70. The van der Waals surface area contributed by atoms with E-state index in [4.69, 9.17) is 4.74 Å². The Morgan fingerprint density at radius 1 is 1.08 bits per heavy atom. The van der Waals surface area contributed by atoms with Crippen LogP contribution in [0.4, 0.5) is 0 Å². The highest BCUT2D eigenvalue weighted by atomic mass is 16.5. The van der Waals surface area contributed by atoms with Gasteiger partial charge in [-0.1, -0.05) is 38.1 Å². The largest absolute Gasteiger partial charge is 0.381 e. The van der Waals surface area contributed by atoms with E-state index >= 15 is 0 Å². The smallest absolute Gasteiger partial charge is 0.226 e. The van der Waals surface area contributed by atoms with E-state index in [1.807, 2.05) is 0 Å². The van der Waals surface area contributed by atoms with Gasteiger partial charge in [-0.25, -0.2) is 0 Å². The fourth-order valence-electron chi connectivity index (χ4n) is 3.98. The fraction of sp³-hybridized carbons (Fsp3) is 0.667. The van der Waals surface area contributed by atoms with Crippen molar-refractivity contribution >= 4 is 5.91 Å². The molecule has 132 valence electrons. The number of nitrogens with zero attached hydrogens (tertiary/aromatic N) is 1. The third-order valence-corrected chi connectivity index (χ3v) is 5.53. The molecule has 1 aromatic rings. The maximum Gasteiger partial charge on any atom is 0.226 e. The molecule has 0 aromatic heterocycles. The summed E-state index contributed by atoms with van der Waals surface area (Å²) >= 11 is 0. The third-order valence-electron chi connectivity index (χ3n) is 5.53. The van der Waals surface area contributed by atoms with Crippen LogP contribution < -0.4 is 0 Å². The molecular formula is C21H31NO2. The quantitative estimate of drug-likeness (QED) is 0.805. The van der Waals surface area contributed by atoms with E-state index in [1.54, 1.807) is 0 Å². The van der Waals surface area contributed by atoms with Crippen molar-refractivity contribution in [3.8, 4) is 0 Å². The van der Waals surface area contributed by atoms with Crippen molar-refractivity contribution < 1.29 is 9.53 Å². The Labute approximate surface area is 146 Å². The number of amides is 1. The molecule has 3 heteroatoms. The van der Waals surface area contributed by atoms with Crippen molar-refractivity contribution in [2.75, 3.05) is 13.2 Å². The molecule has 2 aliphatic rings. The highest BCUT2D eigenvalue weighted by Crippen LogP contribution is 2.49. The second-order valence-corrected chi connectivity index (χ2v) is 7.95. The van der Waals surface area contributed by atoms with Crippen LogP contribution in [0.1, 0.15) is 69.9 Å². The molecule has 0 radical (unpaired) electrons. The molecule has 0 bridgehead atoms. The average Bonchev–Trinajstić information content (AvgIpc) is 3.36. The lowest BCUT2D eigenvalue weighted by Crippen LogP contribution is -2.48. The number of carbonyl (C=O) groups is 1. The second kappa shape index (κ2) is 7.26. The Kier molecular flexibility index (Phi) is 5.29. The summed E-state index contributed by atoms with van der Waals surface area (Å²) in [6.45, 7) is 10.3. The van der Waals surface area contributed by atoms with Gasteiger partial charge in [-0.3, -0.25) is 4.79 Å². The molecule has 3 nitrogen and oxygen atoms in total. The van der Waals surface area contributed by atoms with Gasteiger partial charge in [0.25, 0.3) is 0 Å². The number of hydrogen-bond donors (Lipinski definition) is 0. The molecule has 3 rings (SSSR count). The number of rotatable bonds is 5. The fourth-order valence-corrected chi connectivity index (χ4v) is 3.98. The predicted octanol–water partition coefficient (Wildman–Crippen LogP) is 4.33. The van der Waals surface area contributed by atoms with Crippen molar-refractivity contribution in [3.63, 3.8) is 0 Å². The Hall–Kier alpha value is -1.35. The lowest BCUT2D eigenvalue weighted by molar-refractivity contribution is -0.139. The van der Waals surface area contributed by atoms with Gasteiger partial charge >= 0.3 is 0 Å². The van der Waals surface area contributed by atoms with E-state index in [-0.39, 0.29) is 12.0 Å². The van der Waals surface area contributed by atoms with E-state index in [0.29, 0.717) is 23.8 Å². The van der Waals surface area contributed by atoms with Gasteiger partial charge in [0, 0.05) is 31.2 Å². The van der Waals surface area contributed by atoms with Crippen LogP contribution in [0.25, 0.3) is 0 Å². The minimum absolute atomic E-state index is 0.181. The van der Waals surface area contributed by atoms with Gasteiger partial charge in [0.05, 0.1) is 0 Å². The SMILES string of the molecule is CC(C)c1ccc([C@@H]2C[C@H]2C(=O)N(C(C)C)C2CCOCC2)cc1. The number of benzene rings is 1. The molecule has 1 saturated carbocycles. The summed E-state index contributed by atoms with van der Waals surface area (Å²) in [5.74, 6) is 1.51. The summed E-state index contributed by atoms with van der Waals surface area (Å²) in [4.78, 5) is 15.2. The van der Waals surface area contributed by atoms with E-state index in [9.17, 15) is 4.79 Å². The van der Waals surface area contributed by atoms with Gasteiger partial charge in [-0.2, -0.15) is 0 Å². The highest BCUT2D eigenvalue weighted by Gasteiger charge is 2.47. The summed E-state index contributed by atoms with van der Waals surface area (Å²) in [5, 5.41) is 0. The molecule has 2 fully saturated rings. The molecule has 2 atom stereocenters. The summed E-state index contributed by atoms with van der Waals surface area (Å²) in [6, 6.07) is 9.51.